The van der Waals surface area contributed by atoms with Gasteiger partial charge in [0.15, 0.2) is 0 Å². The lowest BCUT2D eigenvalue weighted by molar-refractivity contribution is -0.131. The number of ketones is 1. The Hall–Kier alpha value is -1.32. The van der Waals surface area contributed by atoms with Crippen LogP contribution in [0.25, 0.3) is 0 Å². The maximum Gasteiger partial charge on any atom is 0.329 e. The Balaban J connectivity index is 2.50. The third-order valence-corrected chi connectivity index (χ3v) is 2.48. The van der Waals surface area contributed by atoms with Crippen LogP contribution in [-0.4, -0.2) is 34.8 Å². The van der Waals surface area contributed by atoms with Crippen LogP contribution in [0, 0.1) is 5.92 Å². The predicted octanol–water partition coefficient (Wildman–Crippen LogP) is 0.886. The summed E-state index contributed by atoms with van der Waals surface area (Å²) in [5.74, 6) is -0.579. The number of nitrogens with zero attached hydrogens (tertiary/aromatic N) is 1. The molecule has 1 aliphatic heterocycles. The molecule has 1 fully saturated rings. The first kappa shape index (κ1) is 10.8. The summed E-state index contributed by atoms with van der Waals surface area (Å²) in [4.78, 5) is 23.5. The Bertz CT molecular complexity index is 260. The SMILES string of the molecule is CCC1CN(/C=C/C(=O)O)CCC1=O. The zero-order chi connectivity index (χ0) is 10.6. The topological polar surface area (TPSA) is 57.6 Å². The lowest BCUT2D eigenvalue weighted by Crippen LogP contribution is -2.37. The highest BCUT2D eigenvalue weighted by molar-refractivity contribution is 5.82. The van der Waals surface area contributed by atoms with Gasteiger partial charge in [-0.3, -0.25) is 4.79 Å². The molecule has 1 N–H and O–H groups in total. The number of carbonyl (C=O) groups excluding carboxylic acids is 1. The maximum absolute atomic E-state index is 11.3. The predicted molar refractivity (Wildman–Crippen MR) is 51.8 cm³/mol. The van der Waals surface area contributed by atoms with Crippen LogP contribution in [0.4, 0.5) is 0 Å². The minimum Gasteiger partial charge on any atom is -0.478 e. The number of carboxylic acids is 1. The van der Waals surface area contributed by atoms with Crippen LogP contribution < -0.4 is 0 Å². The average Bonchev–Trinajstić information content (AvgIpc) is 2.16. The van der Waals surface area contributed by atoms with Gasteiger partial charge >= 0.3 is 5.97 Å². The number of carbonyl (C=O) groups is 2. The molecular weight excluding hydrogens is 182 g/mol. The zero-order valence-corrected chi connectivity index (χ0v) is 8.27. The van der Waals surface area contributed by atoms with E-state index in [9.17, 15) is 9.59 Å². The van der Waals surface area contributed by atoms with Crippen molar-refractivity contribution in [1.29, 1.82) is 0 Å². The van der Waals surface area contributed by atoms with Crippen molar-refractivity contribution in [2.45, 2.75) is 19.8 Å². The van der Waals surface area contributed by atoms with Crippen molar-refractivity contribution in [1.82, 2.24) is 4.90 Å². The molecule has 78 valence electrons. The van der Waals surface area contributed by atoms with Crippen LogP contribution in [0.2, 0.25) is 0 Å². The van der Waals surface area contributed by atoms with Crippen molar-refractivity contribution in [3.8, 4) is 0 Å². The fourth-order valence-corrected chi connectivity index (χ4v) is 1.60. The monoisotopic (exact) mass is 197 g/mol. The van der Waals surface area contributed by atoms with Gasteiger partial charge in [-0.1, -0.05) is 6.92 Å². The van der Waals surface area contributed by atoms with Crippen molar-refractivity contribution >= 4 is 11.8 Å². The number of aliphatic carboxylic acids is 1. The highest BCUT2D eigenvalue weighted by atomic mass is 16.4. The van der Waals surface area contributed by atoms with E-state index in [2.05, 4.69) is 0 Å². The molecule has 0 aromatic heterocycles. The lowest BCUT2D eigenvalue weighted by atomic mass is 9.94. The smallest absolute Gasteiger partial charge is 0.329 e. The highest BCUT2D eigenvalue weighted by Gasteiger charge is 2.23. The van der Waals surface area contributed by atoms with Crippen molar-refractivity contribution in [3.05, 3.63) is 12.3 Å². The van der Waals surface area contributed by atoms with E-state index in [-0.39, 0.29) is 5.92 Å². The molecule has 1 rings (SSSR count). The number of hydrogen-bond acceptors (Lipinski definition) is 3. The molecular formula is C10H15NO3. The fourth-order valence-electron chi connectivity index (χ4n) is 1.60. The Morgan fingerprint density at radius 3 is 3.00 bits per heavy atom. The Morgan fingerprint density at radius 2 is 2.43 bits per heavy atom. The van der Waals surface area contributed by atoms with E-state index in [4.69, 9.17) is 5.11 Å². The lowest BCUT2D eigenvalue weighted by Gasteiger charge is -2.30. The molecule has 4 heteroatoms. The van der Waals surface area contributed by atoms with Gasteiger partial charge in [0.1, 0.15) is 5.78 Å². The molecule has 4 nitrogen and oxygen atoms in total. The second-order valence-electron chi connectivity index (χ2n) is 3.47. The number of rotatable bonds is 3. The minimum absolute atomic E-state index is 0.0715. The van der Waals surface area contributed by atoms with Crippen LogP contribution in [0.15, 0.2) is 12.3 Å². The molecule has 1 aliphatic rings. The van der Waals surface area contributed by atoms with Crippen LogP contribution in [0.1, 0.15) is 19.8 Å². The van der Waals surface area contributed by atoms with Crippen LogP contribution >= 0.6 is 0 Å². The first-order valence-electron chi connectivity index (χ1n) is 4.81. The van der Waals surface area contributed by atoms with Crippen molar-refractivity contribution in [2.24, 2.45) is 5.92 Å². The van der Waals surface area contributed by atoms with Gasteiger partial charge in [0, 0.05) is 37.7 Å². The van der Waals surface area contributed by atoms with E-state index in [1.54, 1.807) is 6.20 Å². The third-order valence-electron chi connectivity index (χ3n) is 2.48. The van der Waals surface area contributed by atoms with Crippen LogP contribution in [-0.2, 0) is 9.59 Å². The Labute approximate surface area is 83.2 Å². The summed E-state index contributed by atoms with van der Waals surface area (Å²) in [6.07, 6.45) is 4.03. The number of hydrogen-bond donors (Lipinski definition) is 1. The second kappa shape index (κ2) is 4.79. The van der Waals surface area contributed by atoms with E-state index in [0.717, 1.165) is 12.5 Å². The minimum atomic E-state index is -0.949. The molecule has 0 saturated carbocycles. The summed E-state index contributed by atoms with van der Waals surface area (Å²) in [6, 6.07) is 0. The summed E-state index contributed by atoms with van der Waals surface area (Å²) in [5.41, 5.74) is 0. The molecule has 1 heterocycles. The Morgan fingerprint density at radius 1 is 1.71 bits per heavy atom. The highest BCUT2D eigenvalue weighted by Crippen LogP contribution is 2.15. The van der Waals surface area contributed by atoms with Crippen molar-refractivity contribution in [3.63, 3.8) is 0 Å². The van der Waals surface area contributed by atoms with Crippen molar-refractivity contribution < 1.29 is 14.7 Å². The number of piperidine rings is 1. The molecule has 0 spiro atoms. The molecule has 0 aromatic rings. The van der Waals surface area contributed by atoms with Gasteiger partial charge in [0.2, 0.25) is 0 Å². The summed E-state index contributed by atoms with van der Waals surface area (Å²) < 4.78 is 0. The van der Waals surface area contributed by atoms with E-state index >= 15 is 0 Å². The standard InChI is InChI=1S/C10H15NO3/c1-2-8-7-11(5-3-9(8)12)6-4-10(13)14/h4,6,8H,2-3,5,7H2,1H3,(H,13,14)/b6-4+. The first-order valence-corrected chi connectivity index (χ1v) is 4.81. The molecule has 0 aliphatic carbocycles. The Kier molecular flexibility index (Phi) is 3.68. The van der Waals surface area contributed by atoms with Gasteiger partial charge < -0.3 is 10.0 Å². The molecule has 1 unspecified atom stereocenters. The molecule has 0 aromatic carbocycles. The van der Waals surface area contributed by atoms with Crippen LogP contribution in [0.5, 0.6) is 0 Å². The number of carboxylic acid groups (broad SMARTS) is 1. The van der Waals surface area contributed by atoms with Gasteiger partial charge in [-0.05, 0) is 6.42 Å². The first-order chi connectivity index (χ1) is 6.63. The van der Waals surface area contributed by atoms with E-state index < -0.39 is 5.97 Å². The normalized spacial score (nSPS) is 23.1. The third kappa shape index (κ3) is 2.87. The maximum atomic E-state index is 11.3. The number of likely N-dealkylation sites (tertiary alicyclic amines) is 1. The fraction of sp³-hybridized carbons (Fsp3) is 0.600. The van der Waals surface area contributed by atoms with E-state index in [0.29, 0.717) is 25.3 Å². The molecule has 14 heavy (non-hydrogen) atoms. The second-order valence-corrected chi connectivity index (χ2v) is 3.47. The average molecular weight is 197 g/mol. The van der Waals surface area contributed by atoms with Gasteiger partial charge in [0.05, 0.1) is 0 Å². The van der Waals surface area contributed by atoms with Crippen LogP contribution in [0.3, 0.4) is 0 Å². The van der Waals surface area contributed by atoms with E-state index in [1.165, 1.54) is 0 Å². The van der Waals surface area contributed by atoms with Gasteiger partial charge in [-0.2, -0.15) is 0 Å². The number of Topliss-reactive ketones (excluding diaryl/α,β-unsaturated/α-hetero) is 1. The van der Waals surface area contributed by atoms with Gasteiger partial charge in [-0.25, -0.2) is 4.79 Å². The zero-order valence-electron chi connectivity index (χ0n) is 8.27. The van der Waals surface area contributed by atoms with Gasteiger partial charge in [-0.15, -0.1) is 0 Å². The summed E-state index contributed by atoms with van der Waals surface area (Å²) in [5, 5.41) is 8.44. The van der Waals surface area contributed by atoms with Gasteiger partial charge in [0.25, 0.3) is 0 Å². The summed E-state index contributed by atoms with van der Waals surface area (Å²) >= 11 is 0. The summed E-state index contributed by atoms with van der Waals surface area (Å²) in [6.45, 7) is 3.27. The largest absolute Gasteiger partial charge is 0.478 e. The molecule has 0 radical (unpaired) electrons. The van der Waals surface area contributed by atoms with Crippen molar-refractivity contribution in [2.75, 3.05) is 13.1 Å². The van der Waals surface area contributed by atoms with E-state index in [1.807, 2.05) is 11.8 Å². The molecule has 0 amide bonds. The summed E-state index contributed by atoms with van der Waals surface area (Å²) in [7, 11) is 0. The molecule has 0 bridgehead atoms. The molecule has 1 atom stereocenters. The quantitative estimate of drug-likeness (QED) is 0.682. The molecule has 1 saturated heterocycles.